The molecule has 0 amide bonds. The minimum absolute atomic E-state index is 0.208. The molecule has 1 N–H and O–H groups in total. The molecule has 1 aromatic heterocycles. The SMILES string of the molecule is O[C@H]1CCC[C@@H]1Sc1nc2ccccc2o1. The molecule has 1 aliphatic carbocycles. The van der Waals surface area contributed by atoms with E-state index in [1.807, 2.05) is 24.3 Å². The molecule has 1 heterocycles. The van der Waals surface area contributed by atoms with E-state index in [4.69, 9.17) is 4.42 Å². The standard InChI is InChI=1S/C12H13NO2S/c14-9-5-3-7-11(9)16-12-13-8-4-1-2-6-10(8)15-12/h1-2,4,6,9,11,14H,3,5,7H2/t9-,11-/m0/s1. The Kier molecular flexibility index (Phi) is 2.61. The fourth-order valence-corrected chi connectivity index (χ4v) is 3.20. The normalized spacial score (nSPS) is 25.3. The van der Waals surface area contributed by atoms with Gasteiger partial charge in [0.2, 0.25) is 0 Å². The number of para-hydroxylation sites is 2. The molecule has 2 atom stereocenters. The molecule has 1 aliphatic rings. The van der Waals surface area contributed by atoms with Crippen LogP contribution in [0, 0.1) is 0 Å². The number of aromatic nitrogens is 1. The maximum atomic E-state index is 9.73. The number of thioether (sulfide) groups is 1. The first-order valence-electron chi connectivity index (χ1n) is 5.53. The summed E-state index contributed by atoms with van der Waals surface area (Å²) in [5, 5.41) is 10.7. The highest BCUT2D eigenvalue weighted by Crippen LogP contribution is 2.35. The number of oxazole rings is 1. The van der Waals surface area contributed by atoms with Crippen LogP contribution in [0.15, 0.2) is 33.9 Å². The number of hydrogen-bond donors (Lipinski definition) is 1. The van der Waals surface area contributed by atoms with Crippen LogP contribution in [0.4, 0.5) is 0 Å². The van der Waals surface area contributed by atoms with Crippen molar-refractivity contribution in [1.29, 1.82) is 0 Å². The molecule has 4 heteroatoms. The van der Waals surface area contributed by atoms with Gasteiger partial charge in [0.25, 0.3) is 5.22 Å². The third kappa shape index (κ3) is 1.83. The number of benzene rings is 1. The maximum Gasteiger partial charge on any atom is 0.257 e. The molecule has 0 unspecified atom stereocenters. The van der Waals surface area contributed by atoms with Gasteiger partial charge in [0.05, 0.1) is 6.10 Å². The monoisotopic (exact) mass is 235 g/mol. The molecule has 0 aliphatic heterocycles. The van der Waals surface area contributed by atoms with E-state index >= 15 is 0 Å². The van der Waals surface area contributed by atoms with Crippen molar-refractivity contribution in [3.63, 3.8) is 0 Å². The molecular weight excluding hydrogens is 222 g/mol. The van der Waals surface area contributed by atoms with E-state index in [1.165, 1.54) is 0 Å². The van der Waals surface area contributed by atoms with Gasteiger partial charge in [-0.05, 0) is 31.4 Å². The van der Waals surface area contributed by atoms with E-state index in [0.29, 0.717) is 5.22 Å². The van der Waals surface area contributed by atoms with E-state index in [-0.39, 0.29) is 11.4 Å². The van der Waals surface area contributed by atoms with Gasteiger partial charge in [-0.3, -0.25) is 0 Å². The number of hydrogen-bond acceptors (Lipinski definition) is 4. The van der Waals surface area contributed by atoms with Crippen LogP contribution >= 0.6 is 11.8 Å². The summed E-state index contributed by atoms with van der Waals surface area (Å²) in [6.07, 6.45) is 2.83. The van der Waals surface area contributed by atoms with Crippen molar-refractivity contribution in [2.75, 3.05) is 0 Å². The molecule has 0 saturated heterocycles. The second-order valence-electron chi connectivity index (χ2n) is 4.10. The summed E-state index contributed by atoms with van der Waals surface area (Å²) in [5.41, 5.74) is 1.70. The minimum atomic E-state index is -0.208. The summed E-state index contributed by atoms with van der Waals surface area (Å²) in [4.78, 5) is 4.40. The van der Waals surface area contributed by atoms with Gasteiger partial charge in [-0.1, -0.05) is 23.9 Å². The van der Waals surface area contributed by atoms with E-state index in [0.717, 1.165) is 30.4 Å². The van der Waals surface area contributed by atoms with Gasteiger partial charge >= 0.3 is 0 Å². The largest absolute Gasteiger partial charge is 0.431 e. The fourth-order valence-electron chi connectivity index (χ4n) is 2.07. The van der Waals surface area contributed by atoms with Crippen molar-refractivity contribution in [1.82, 2.24) is 4.98 Å². The lowest BCUT2D eigenvalue weighted by molar-refractivity contribution is 0.187. The summed E-state index contributed by atoms with van der Waals surface area (Å²) in [6, 6.07) is 7.74. The maximum absolute atomic E-state index is 9.73. The Bertz CT molecular complexity index is 463. The van der Waals surface area contributed by atoms with Gasteiger partial charge in [-0.15, -0.1) is 0 Å². The average Bonchev–Trinajstić information content (AvgIpc) is 2.85. The quantitative estimate of drug-likeness (QED) is 0.869. The Labute approximate surface area is 97.9 Å². The molecule has 1 saturated carbocycles. The number of fused-ring (bicyclic) bond motifs is 1. The second-order valence-corrected chi connectivity index (χ2v) is 5.29. The Morgan fingerprint density at radius 2 is 2.19 bits per heavy atom. The summed E-state index contributed by atoms with van der Waals surface area (Å²) >= 11 is 1.56. The van der Waals surface area contributed by atoms with Gasteiger partial charge < -0.3 is 9.52 Å². The van der Waals surface area contributed by atoms with Crippen LogP contribution in [-0.4, -0.2) is 21.4 Å². The van der Waals surface area contributed by atoms with Crippen LogP contribution in [-0.2, 0) is 0 Å². The number of nitrogens with zero attached hydrogens (tertiary/aromatic N) is 1. The minimum Gasteiger partial charge on any atom is -0.431 e. The average molecular weight is 235 g/mol. The van der Waals surface area contributed by atoms with Crippen molar-refractivity contribution < 1.29 is 9.52 Å². The highest BCUT2D eigenvalue weighted by molar-refractivity contribution is 7.99. The Balaban J connectivity index is 1.83. The first kappa shape index (κ1) is 10.2. The number of aliphatic hydroxyl groups excluding tert-OH is 1. The lowest BCUT2D eigenvalue weighted by Crippen LogP contribution is -2.14. The predicted octanol–water partition coefficient (Wildman–Crippen LogP) is 2.83. The zero-order chi connectivity index (χ0) is 11.0. The van der Waals surface area contributed by atoms with Crippen molar-refractivity contribution in [3.05, 3.63) is 24.3 Å². The first-order valence-corrected chi connectivity index (χ1v) is 6.41. The van der Waals surface area contributed by atoms with Crippen molar-refractivity contribution in [3.8, 4) is 0 Å². The fraction of sp³-hybridized carbons (Fsp3) is 0.417. The zero-order valence-corrected chi connectivity index (χ0v) is 9.61. The van der Waals surface area contributed by atoms with Gasteiger partial charge in [-0.25, -0.2) is 4.98 Å². The van der Waals surface area contributed by atoms with Crippen LogP contribution in [0.2, 0.25) is 0 Å². The Morgan fingerprint density at radius 1 is 1.31 bits per heavy atom. The summed E-state index contributed by atoms with van der Waals surface area (Å²) in [6.45, 7) is 0. The van der Waals surface area contributed by atoms with Gasteiger partial charge in [0, 0.05) is 5.25 Å². The molecule has 3 nitrogen and oxygen atoms in total. The molecule has 0 spiro atoms. The smallest absolute Gasteiger partial charge is 0.257 e. The lowest BCUT2D eigenvalue weighted by atomic mass is 10.3. The number of aliphatic hydroxyl groups is 1. The molecule has 3 rings (SSSR count). The topological polar surface area (TPSA) is 46.3 Å². The first-order chi connectivity index (χ1) is 7.83. The summed E-state index contributed by atoms with van der Waals surface area (Å²) in [7, 11) is 0. The van der Waals surface area contributed by atoms with E-state index in [1.54, 1.807) is 11.8 Å². The number of rotatable bonds is 2. The molecule has 2 aromatic rings. The van der Waals surface area contributed by atoms with Gasteiger partial charge in [-0.2, -0.15) is 0 Å². The lowest BCUT2D eigenvalue weighted by Gasteiger charge is -2.10. The van der Waals surface area contributed by atoms with Gasteiger partial charge in [0.1, 0.15) is 5.52 Å². The zero-order valence-electron chi connectivity index (χ0n) is 8.80. The Hall–Kier alpha value is -1.00. The summed E-state index contributed by atoms with van der Waals surface area (Å²) < 4.78 is 5.62. The molecule has 16 heavy (non-hydrogen) atoms. The highest BCUT2D eigenvalue weighted by atomic mass is 32.2. The highest BCUT2D eigenvalue weighted by Gasteiger charge is 2.27. The molecule has 1 aromatic carbocycles. The van der Waals surface area contributed by atoms with Crippen molar-refractivity contribution >= 4 is 22.9 Å². The third-order valence-electron chi connectivity index (χ3n) is 2.94. The van der Waals surface area contributed by atoms with Crippen LogP contribution in [0.3, 0.4) is 0 Å². The van der Waals surface area contributed by atoms with Crippen LogP contribution in [0.1, 0.15) is 19.3 Å². The molecular formula is C12H13NO2S. The Morgan fingerprint density at radius 3 is 2.94 bits per heavy atom. The van der Waals surface area contributed by atoms with E-state index in [9.17, 15) is 5.11 Å². The third-order valence-corrected chi connectivity index (χ3v) is 4.17. The molecule has 84 valence electrons. The van der Waals surface area contributed by atoms with E-state index in [2.05, 4.69) is 4.98 Å². The molecule has 1 fully saturated rings. The van der Waals surface area contributed by atoms with Crippen LogP contribution in [0.5, 0.6) is 0 Å². The predicted molar refractivity (Wildman–Crippen MR) is 63.5 cm³/mol. The second kappa shape index (κ2) is 4.11. The van der Waals surface area contributed by atoms with Crippen molar-refractivity contribution in [2.24, 2.45) is 0 Å². The molecule has 0 radical (unpaired) electrons. The van der Waals surface area contributed by atoms with Gasteiger partial charge in [0.15, 0.2) is 5.58 Å². The summed E-state index contributed by atoms with van der Waals surface area (Å²) in [5.74, 6) is 0. The van der Waals surface area contributed by atoms with Crippen molar-refractivity contribution in [2.45, 2.75) is 35.8 Å². The molecule has 0 bridgehead atoms. The van der Waals surface area contributed by atoms with E-state index < -0.39 is 0 Å². The van der Waals surface area contributed by atoms with Crippen LogP contribution < -0.4 is 0 Å². The van der Waals surface area contributed by atoms with Crippen LogP contribution in [0.25, 0.3) is 11.1 Å².